The van der Waals surface area contributed by atoms with E-state index in [4.69, 9.17) is 0 Å². The van der Waals surface area contributed by atoms with Gasteiger partial charge in [0.2, 0.25) is 0 Å². The van der Waals surface area contributed by atoms with Crippen LogP contribution in [-0.2, 0) is 6.54 Å². The average molecular weight is 300 g/mol. The molecular formula is C14H22BrNO. The van der Waals surface area contributed by atoms with Crippen LogP contribution >= 0.6 is 15.9 Å². The largest absolute Gasteiger partial charge is 0.389 e. The smallest absolute Gasteiger partial charge is 0.0768 e. The molecule has 96 valence electrons. The third-order valence-corrected chi connectivity index (χ3v) is 3.73. The first kappa shape index (κ1) is 14.7. The maximum Gasteiger partial charge on any atom is 0.0768 e. The van der Waals surface area contributed by atoms with E-state index in [0.29, 0.717) is 6.54 Å². The molecule has 0 spiro atoms. The van der Waals surface area contributed by atoms with Gasteiger partial charge in [-0.3, -0.25) is 4.90 Å². The lowest BCUT2D eigenvalue weighted by atomic mass is 9.92. The van der Waals surface area contributed by atoms with Gasteiger partial charge in [0.1, 0.15) is 0 Å². The van der Waals surface area contributed by atoms with Crippen LogP contribution in [0.4, 0.5) is 0 Å². The minimum atomic E-state index is -0.635. The molecule has 0 aliphatic heterocycles. The summed E-state index contributed by atoms with van der Waals surface area (Å²) in [7, 11) is 2.04. The molecule has 0 aliphatic carbocycles. The average Bonchev–Trinajstić information content (AvgIpc) is 2.20. The minimum Gasteiger partial charge on any atom is -0.389 e. The highest BCUT2D eigenvalue weighted by Gasteiger charge is 2.26. The predicted octanol–water partition coefficient (Wildman–Crippen LogP) is 3.29. The van der Waals surface area contributed by atoms with Crippen LogP contribution in [0.15, 0.2) is 28.7 Å². The molecule has 1 N–H and O–H groups in total. The first-order chi connectivity index (χ1) is 7.81. The van der Waals surface area contributed by atoms with Crippen LogP contribution < -0.4 is 0 Å². The van der Waals surface area contributed by atoms with Crippen molar-refractivity contribution in [2.75, 3.05) is 13.6 Å². The lowest BCUT2D eigenvalue weighted by Gasteiger charge is -2.32. The van der Waals surface area contributed by atoms with Crippen molar-refractivity contribution in [3.63, 3.8) is 0 Å². The van der Waals surface area contributed by atoms with E-state index in [1.807, 2.05) is 40.0 Å². The van der Waals surface area contributed by atoms with Crippen LogP contribution in [0.25, 0.3) is 0 Å². The second-order valence-corrected chi connectivity index (χ2v) is 6.23. The van der Waals surface area contributed by atoms with E-state index < -0.39 is 5.60 Å². The van der Waals surface area contributed by atoms with E-state index in [9.17, 15) is 5.11 Å². The lowest BCUT2D eigenvalue weighted by molar-refractivity contribution is -0.0146. The third kappa shape index (κ3) is 4.78. The van der Waals surface area contributed by atoms with Gasteiger partial charge in [-0.15, -0.1) is 0 Å². The van der Waals surface area contributed by atoms with Crippen molar-refractivity contribution in [3.05, 3.63) is 34.3 Å². The quantitative estimate of drug-likeness (QED) is 0.902. The molecule has 0 saturated carbocycles. The molecule has 1 atom stereocenters. The van der Waals surface area contributed by atoms with E-state index in [1.54, 1.807) is 0 Å². The normalized spacial score (nSPS) is 15.3. The molecule has 0 fully saturated rings. The van der Waals surface area contributed by atoms with Gasteiger partial charge in [-0.2, -0.15) is 0 Å². The highest BCUT2D eigenvalue weighted by Crippen LogP contribution is 2.18. The van der Waals surface area contributed by atoms with Crippen LogP contribution in [0.3, 0.4) is 0 Å². The Kier molecular flexibility index (Phi) is 5.17. The van der Waals surface area contributed by atoms with Gasteiger partial charge in [0.05, 0.1) is 5.60 Å². The lowest BCUT2D eigenvalue weighted by Crippen LogP contribution is -2.42. The van der Waals surface area contributed by atoms with Crippen molar-refractivity contribution >= 4 is 15.9 Å². The Bertz CT molecular complexity index is 346. The number of aliphatic hydroxyl groups is 1. The van der Waals surface area contributed by atoms with Gasteiger partial charge in [-0.05, 0) is 37.6 Å². The summed E-state index contributed by atoms with van der Waals surface area (Å²) in [5.74, 6) is 0.259. The van der Waals surface area contributed by atoms with Crippen molar-refractivity contribution in [3.8, 4) is 0 Å². The highest BCUT2D eigenvalue weighted by molar-refractivity contribution is 9.10. The Morgan fingerprint density at radius 3 is 2.29 bits per heavy atom. The fourth-order valence-electron chi connectivity index (χ4n) is 1.69. The molecule has 0 heterocycles. The first-order valence-electron chi connectivity index (χ1n) is 5.96. The molecule has 1 aromatic rings. The van der Waals surface area contributed by atoms with Crippen molar-refractivity contribution in [1.29, 1.82) is 0 Å². The third-order valence-electron chi connectivity index (χ3n) is 3.20. The number of hydrogen-bond acceptors (Lipinski definition) is 2. The zero-order valence-corrected chi connectivity index (χ0v) is 12.7. The Hall–Kier alpha value is -0.380. The molecule has 0 aromatic heterocycles. The van der Waals surface area contributed by atoms with Gasteiger partial charge in [0, 0.05) is 17.6 Å². The summed E-state index contributed by atoms with van der Waals surface area (Å²) in [5, 5.41) is 10.2. The summed E-state index contributed by atoms with van der Waals surface area (Å²) >= 11 is 3.43. The van der Waals surface area contributed by atoms with E-state index in [0.717, 1.165) is 11.0 Å². The van der Waals surface area contributed by atoms with Gasteiger partial charge >= 0.3 is 0 Å². The van der Waals surface area contributed by atoms with Crippen LogP contribution in [0.5, 0.6) is 0 Å². The fourth-order valence-corrected chi connectivity index (χ4v) is 1.95. The van der Waals surface area contributed by atoms with Crippen LogP contribution in [0, 0.1) is 5.92 Å². The Morgan fingerprint density at radius 2 is 1.82 bits per heavy atom. The van der Waals surface area contributed by atoms with Gasteiger partial charge < -0.3 is 5.11 Å². The fraction of sp³-hybridized carbons (Fsp3) is 0.571. The number of halogens is 1. The van der Waals surface area contributed by atoms with E-state index >= 15 is 0 Å². The molecule has 0 radical (unpaired) electrons. The summed E-state index contributed by atoms with van der Waals surface area (Å²) in [6.45, 7) is 7.54. The molecule has 1 aromatic carbocycles. The second kappa shape index (κ2) is 5.98. The molecule has 17 heavy (non-hydrogen) atoms. The maximum atomic E-state index is 10.2. The second-order valence-electron chi connectivity index (χ2n) is 5.31. The summed E-state index contributed by atoms with van der Waals surface area (Å²) in [6, 6.07) is 8.29. The number of rotatable bonds is 5. The van der Waals surface area contributed by atoms with Crippen molar-refractivity contribution in [2.24, 2.45) is 5.92 Å². The van der Waals surface area contributed by atoms with Gasteiger partial charge in [-0.1, -0.05) is 41.9 Å². The Labute approximate surface area is 113 Å². The Morgan fingerprint density at radius 1 is 1.29 bits per heavy atom. The zero-order valence-electron chi connectivity index (χ0n) is 11.1. The molecule has 1 unspecified atom stereocenters. The van der Waals surface area contributed by atoms with Crippen LogP contribution in [0.1, 0.15) is 26.3 Å². The molecule has 0 saturated heterocycles. The summed E-state index contributed by atoms with van der Waals surface area (Å²) in [5.41, 5.74) is 0.625. The summed E-state index contributed by atoms with van der Waals surface area (Å²) in [6.07, 6.45) is 0. The minimum absolute atomic E-state index is 0.259. The highest BCUT2D eigenvalue weighted by atomic mass is 79.9. The van der Waals surface area contributed by atoms with Gasteiger partial charge in [0.25, 0.3) is 0 Å². The number of benzene rings is 1. The number of hydrogen-bond donors (Lipinski definition) is 1. The summed E-state index contributed by atoms with van der Waals surface area (Å²) in [4.78, 5) is 2.16. The molecule has 2 nitrogen and oxygen atoms in total. The molecule has 0 amide bonds. The maximum absolute atomic E-state index is 10.2. The molecule has 3 heteroatoms. The van der Waals surface area contributed by atoms with E-state index in [-0.39, 0.29) is 5.92 Å². The molecule has 0 bridgehead atoms. The predicted molar refractivity (Wildman–Crippen MR) is 75.9 cm³/mol. The molecular weight excluding hydrogens is 278 g/mol. The van der Waals surface area contributed by atoms with Crippen molar-refractivity contribution in [1.82, 2.24) is 4.90 Å². The first-order valence-corrected chi connectivity index (χ1v) is 6.76. The zero-order chi connectivity index (χ0) is 13.1. The molecule has 0 aliphatic rings. The van der Waals surface area contributed by atoms with E-state index in [2.05, 4.69) is 33.0 Å². The van der Waals surface area contributed by atoms with Gasteiger partial charge in [0.15, 0.2) is 0 Å². The van der Waals surface area contributed by atoms with Crippen LogP contribution in [-0.4, -0.2) is 29.2 Å². The van der Waals surface area contributed by atoms with Crippen LogP contribution in [0.2, 0.25) is 0 Å². The van der Waals surface area contributed by atoms with Gasteiger partial charge in [-0.25, -0.2) is 0 Å². The Balaban J connectivity index is 2.55. The number of nitrogens with zero attached hydrogens (tertiary/aromatic N) is 1. The standard InChI is InChI=1S/C14H22BrNO/c1-11(2)14(3,17)10-16(4)9-12-5-7-13(15)8-6-12/h5-8,11,17H,9-10H2,1-4H3. The summed E-state index contributed by atoms with van der Waals surface area (Å²) < 4.78 is 1.10. The van der Waals surface area contributed by atoms with Crippen molar-refractivity contribution < 1.29 is 5.11 Å². The van der Waals surface area contributed by atoms with E-state index in [1.165, 1.54) is 5.56 Å². The molecule has 1 rings (SSSR count). The number of likely N-dealkylation sites (N-methyl/N-ethyl adjacent to an activating group) is 1. The SMILES string of the molecule is CC(C)C(C)(O)CN(C)Cc1ccc(Br)cc1. The monoisotopic (exact) mass is 299 g/mol. The van der Waals surface area contributed by atoms with Crippen molar-refractivity contribution in [2.45, 2.75) is 32.9 Å². The topological polar surface area (TPSA) is 23.5 Å².